The molecule has 0 saturated heterocycles. The van der Waals surface area contributed by atoms with Gasteiger partial charge in [-0.2, -0.15) is 0 Å². The third kappa shape index (κ3) is 3.31. The van der Waals surface area contributed by atoms with E-state index in [1.54, 1.807) is 6.07 Å². The van der Waals surface area contributed by atoms with Crippen LogP contribution in [0.25, 0.3) is 0 Å². The zero-order valence-corrected chi connectivity index (χ0v) is 11.4. The standard InChI is InChI=1S/C14H18FN3O2/c1-10-6-8-11(9-7-10)16-14(19)18(17-20)13-5-3-2-4-12(13)15/h2-5,10-11H,6-9H2,1H3,(H,16,19). The normalized spacial score (nSPS) is 22.1. The van der Waals surface area contributed by atoms with E-state index in [9.17, 15) is 14.1 Å². The first-order valence-corrected chi connectivity index (χ1v) is 6.80. The molecule has 5 nitrogen and oxygen atoms in total. The average molecular weight is 279 g/mol. The number of nitroso groups, excluding NO2 is 1. The van der Waals surface area contributed by atoms with Crippen molar-refractivity contribution in [2.75, 3.05) is 5.01 Å². The van der Waals surface area contributed by atoms with Gasteiger partial charge in [-0.1, -0.05) is 19.1 Å². The summed E-state index contributed by atoms with van der Waals surface area (Å²) in [4.78, 5) is 22.9. The molecule has 1 aliphatic carbocycles. The predicted molar refractivity (Wildman–Crippen MR) is 74.6 cm³/mol. The zero-order valence-electron chi connectivity index (χ0n) is 11.4. The Hall–Kier alpha value is -1.98. The number of hydrogen-bond acceptors (Lipinski definition) is 3. The van der Waals surface area contributed by atoms with E-state index in [1.165, 1.54) is 18.2 Å². The maximum absolute atomic E-state index is 13.6. The van der Waals surface area contributed by atoms with Gasteiger partial charge in [-0.25, -0.2) is 9.18 Å². The van der Waals surface area contributed by atoms with Crippen LogP contribution < -0.4 is 10.3 Å². The molecule has 0 atom stereocenters. The lowest BCUT2D eigenvalue weighted by Crippen LogP contribution is -2.44. The molecule has 1 fully saturated rings. The molecule has 0 bridgehead atoms. The van der Waals surface area contributed by atoms with Gasteiger partial charge in [0.15, 0.2) is 0 Å². The number of nitrogens with one attached hydrogen (secondary N) is 1. The highest BCUT2D eigenvalue weighted by Gasteiger charge is 2.25. The summed E-state index contributed by atoms with van der Waals surface area (Å²) in [6, 6.07) is 4.91. The zero-order chi connectivity index (χ0) is 14.5. The molecule has 0 unspecified atom stereocenters. The monoisotopic (exact) mass is 279 g/mol. The van der Waals surface area contributed by atoms with Crippen molar-refractivity contribution in [2.24, 2.45) is 11.2 Å². The van der Waals surface area contributed by atoms with Crippen molar-refractivity contribution in [1.29, 1.82) is 0 Å². The van der Waals surface area contributed by atoms with Gasteiger partial charge in [0.05, 0.1) is 5.29 Å². The van der Waals surface area contributed by atoms with E-state index in [4.69, 9.17) is 0 Å². The maximum Gasteiger partial charge on any atom is 0.345 e. The number of carbonyl (C=O) groups is 1. The Morgan fingerprint density at radius 1 is 1.30 bits per heavy atom. The van der Waals surface area contributed by atoms with Crippen molar-refractivity contribution in [1.82, 2.24) is 5.32 Å². The summed E-state index contributed by atoms with van der Waals surface area (Å²) < 4.78 is 13.6. The molecular weight excluding hydrogens is 261 g/mol. The number of halogens is 1. The summed E-state index contributed by atoms with van der Waals surface area (Å²) >= 11 is 0. The Kier molecular flexibility index (Phi) is 4.65. The minimum absolute atomic E-state index is 0.0229. The number of urea groups is 1. The van der Waals surface area contributed by atoms with Gasteiger partial charge in [-0.15, -0.1) is 9.92 Å². The Morgan fingerprint density at radius 2 is 1.95 bits per heavy atom. The highest BCUT2D eigenvalue weighted by molar-refractivity contribution is 5.91. The molecular formula is C14H18FN3O2. The third-order valence-corrected chi connectivity index (χ3v) is 3.70. The summed E-state index contributed by atoms with van der Waals surface area (Å²) in [5.74, 6) is 0.00883. The molecule has 0 radical (unpaired) electrons. The molecule has 108 valence electrons. The van der Waals surface area contributed by atoms with E-state index >= 15 is 0 Å². The second-order valence-corrected chi connectivity index (χ2v) is 5.25. The minimum Gasteiger partial charge on any atom is -0.333 e. The smallest absolute Gasteiger partial charge is 0.333 e. The molecule has 1 aliphatic rings. The van der Waals surface area contributed by atoms with Crippen LogP contribution in [0.2, 0.25) is 0 Å². The first-order chi connectivity index (χ1) is 9.61. The summed E-state index contributed by atoms with van der Waals surface area (Å²) in [6.45, 7) is 2.18. The molecule has 0 aromatic heterocycles. The van der Waals surface area contributed by atoms with Gasteiger partial charge in [0.2, 0.25) is 0 Å². The fourth-order valence-corrected chi connectivity index (χ4v) is 2.45. The quantitative estimate of drug-likeness (QED) is 0.678. The lowest BCUT2D eigenvalue weighted by atomic mass is 9.87. The van der Waals surface area contributed by atoms with E-state index in [0.29, 0.717) is 10.9 Å². The van der Waals surface area contributed by atoms with E-state index in [-0.39, 0.29) is 11.7 Å². The van der Waals surface area contributed by atoms with Crippen LogP contribution in [-0.4, -0.2) is 12.1 Å². The molecule has 1 aromatic carbocycles. The molecule has 2 amide bonds. The first-order valence-electron chi connectivity index (χ1n) is 6.80. The maximum atomic E-state index is 13.6. The lowest BCUT2D eigenvalue weighted by Gasteiger charge is -2.28. The van der Waals surface area contributed by atoms with Crippen LogP contribution in [0.15, 0.2) is 29.6 Å². The molecule has 0 spiro atoms. The largest absolute Gasteiger partial charge is 0.345 e. The Balaban J connectivity index is 2.03. The fraction of sp³-hybridized carbons (Fsp3) is 0.500. The van der Waals surface area contributed by atoms with Crippen LogP contribution in [-0.2, 0) is 0 Å². The molecule has 2 rings (SSSR count). The number of hydrogen-bond donors (Lipinski definition) is 1. The first kappa shape index (κ1) is 14.4. The number of benzene rings is 1. The summed E-state index contributed by atoms with van der Waals surface area (Å²) in [5.41, 5.74) is -0.135. The van der Waals surface area contributed by atoms with Gasteiger partial charge < -0.3 is 5.32 Å². The SMILES string of the molecule is CC1CCC(NC(=O)N(N=O)c2ccccc2F)CC1. The van der Waals surface area contributed by atoms with Crippen molar-refractivity contribution < 1.29 is 9.18 Å². The third-order valence-electron chi connectivity index (χ3n) is 3.70. The molecule has 20 heavy (non-hydrogen) atoms. The van der Waals surface area contributed by atoms with Crippen LogP contribution >= 0.6 is 0 Å². The van der Waals surface area contributed by atoms with Gasteiger partial charge in [0.25, 0.3) is 0 Å². The van der Waals surface area contributed by atoms with Crippen LogP contribution in [0.1, 0.15) is 32.6 Å². The van der Waals surface area contributed by atoms with Crippen molar-refractivity contribution >= 4 is 11.7 Å². The Morgan fingerprint density at radius 3 is 2.55 bits per heavy atom. The fourth-order valence-electron chi connectivity index (χ4n) is 2.45. The molecule has 0 aliphatic heterocycles. The van der Waals surface area contributed by atoms with Gasteiger partial charge in [-0.05, 0) is 43.7 Å². The summed E-state index contributed by atoms with van der Waals surface area (Å²) in [7, 11) is 0. The highest BCUT2D eigenvalue weighted by atomic mass is 19.1. The summed E-state index contributed by atoms with van der Waals surface area (Å²) in [5, 5.41) is 5.91. The minimum atomic E-state index is -0.676. The molecule has 1 aromatic rings. The predicted octanol–water partition coefficient (Wildman–Crippen LogP) is 3.60. The van der Waals surface area contributed by atoms with Gasteiger partial charge in [0, 0.05) is 6.04 Å². The average Bonchev–Trinajstić information content (AvgIpc) is 2.44. The molecule has 6 heteroatoms. The Bertz CT molecular complexity index is 487. The number of carbonyl (C=O) groups excluding carboxylic acids is 1. The topological polar surface area (TPSA) is 61.8 Å². The van der Waals surface area contributed by atoms with Crippen molar-refractivity contribution in [3.8, 4) is 0 Å². The van der Waals surface area contributed by atoms with Gasteiger partial charge >= 0.3 is 6.03 Å². The second-order valence-electron chi connectivity index (χ2n) is 5.25. The van der Waals surface area contributed by atoms with E-state index < -0.39 is 11.8 Å². The molecule has 1 saturated carbocycles. The van der Waals surface area contributed by atoms with Gasteiger partial charge in [-0.3, -0.25) is 0 Å². The highest BCUT2D eigenvalue weighted by Crippen LogP contribution is 2.24. The Labute approximate surface area is 117 Å². The number of anilines is 1. The second kappa shape index (κ2) is 6.45. The van der Waals surface area contributed by atoms with Crippen LogP contribution in [0.3, 0.4) is 0 Å². The van der Waals surface area contributed by atoms with Gasteiger partial charge in [0.1, 0.15) is 11.5 Å². The lowest BCUT2D eigenvalue weighted by molar-refractivity contribution is 0.234. The van der Waals surface area contributed by atoms with Crippen molar-refractivity contribution in [3.05, 3.63) is 35.0 Å². The number of nitrogens with zero attached hydrogens (tertiary/aromatic N) is 2. The van der Waals surface area contributed by atoms with Crippen LogP contribution in [0, 0.1) is 16.6 Å². The number of rotatable bonds is 3. The van der Waals surface area contributed by atoms with E-state index in [2.05, 4.69) is 17.5 Å². The summed E-state index contributed by atoms with van der Waals surface area (Å²) in [6.07, 6.45) is 3.83. The van der Waals surface area contributed by atoms with Crippen LogP contribution in [0.4, 0.5) is 14.9 Å². The van der Waals surface area contributed by atoms with Crippen molar-refractivity contribution in [3.63, 3.8) is 0 Å². The molecule has 1 N–H and O–H groups in total. The molecule has 0 heterocycles. The van der Waals surface area contributed by atoms with Crippen LogP contribution in [0.5, 0.6) is 0 Å². The van der Waals surface area contributed by atoms with E-state index in [1.807, 2.05) is 0 Å². The van der Waals surface area contributed by atoms with Crippen molar-refractivity contribution in [2.45, 2.75) is 38.6 Å². The number of amides is 2. The number of para-hydroxylation sites is 1. The van der Waals surface area contributed by atoms with E-state index in [0.717, 1.165) is 25.7 Å².